The number of hydrogen-bond donors (Lipinski definition) is 3. The summed E-state index contributed by atoms with van der Waals surface area (Å²) in [4.78, 5) is 0. The quantitative estimate of drug-likeness (QED) is 0.579. The number of aliphatic hydroxyl groups excluding tert-OH is 3. The maximum absolute atomic E-state index is 10.0. The minimum atomic E-state index is -2.06. The third kappa shape index (κ3) is 4.40. The zero-order valence-corrected chi connectivity index (χ0v) is 17.4. The van der Waals surface area contributed by atoms with E-state index in [0.717, 1.165) is 0 Å². The molecule has 0 aromatic rings. The Morgan fingerprint density at radius 2 is 1.54 bits per heavy atom. The third-order valence-electron chi connectivity index (χ3n) is 5.85. The van der Waals surface area contributed by atoms with Crippen LogP contribution < -0.4 is 0 Å². The first-order valence-electron chi connectivity index (χ1n) is 9.34. The first kappa shape index (κ1) is 22.1. The van der Waals surface area contributed by atoms with Crippen molar-refractivity contribution in [1.82, 2.24) is 0 Å². The Kier molecular flexibility index (Phi) is 8.36. The topological polar surface area (TPSA) is 79.2 Å². The van der Waals surface area contributed by atoms with Gasteiger partial charge in [0.05, 0.1) is 31.5 Å². The van der Waals surface area contributed by atoms with Crippen LogP contribution in [0.3, 0.4) is 0 Å². The largest absolute Gasteiger partial charge is 0.413 e. The van der Waals surface area contributed by atoms with Crippen LogP contribution in [-0.4, -0.2) is 61.3 Å². The highest BCUT2D eigenvalue weighted by Gasteiger charge is 2.49. The Morgan fingerprint density at radius 3 is 1.92 bits per heavy atom. The molecule has 1 saturated heterocycles. The summed E-state index contributed by atoms with van der Waals surface area (Å²) < 4.78 is 12.7. The van der Waals surface area contributed by atoms with Gasteiger partial charge in [0.1, 0.15) is 6.10 Å². The van der Waals surface area contributed by atoms with E-state index in [9.17, 15) is 15.3 Å². The molecule has 0 aromatic carbocycles. The van der Waals surface area contributed by atoms with Crippen molar-refractivity contribution >= 4 is 8.32 Å². The van der Waals surface area contributed by atoms with Gasteiger partial charge in [-0.15, -0.1) is 0 Å². The lowest BCUT2D eigenvalue weighted by Crippen LogP contribution is -2.57. The van der Waals surface area contributed by atoms with Gasteiger partial charge >= 0.3 is 0 Å². The summed E-state index contributed by atoms with van der Waals surface area (Å²) in [7, 11) is -2.06. The molecular weight excluding hydrogens is 324 g/mol. The lowest BCUT2D eigenvalue weighted by molar-refractivity contribution is -0.177. The Balaban J connectivity index is 3.10. The molecule has 3 N–H and O–H groups in total. The molecule has 0 spiro atoms. The first-order chi connectivity index (χ1) is 11.1. The second kappa shape index (κ2) is 9.10. The normalized spacial score (nSPS) is 30.4. The van der Waals surface area contributed by atoms with Gasteiger partial charge in [0, 0.05) is 12.3 Å². The monoisotopic (exact) mass is 362 g/mol. The maximum Gasteiger partial charge on any atom is 0.200 e. The molecule has 0 aromatic heterocycles. The highest BCUT2D eigenvalue weighted by molar-refractivity contribution is 6.77. The molecule has 5 nitrogen and oxygen atoms in total. The Labute approximate surface area is 148 Å². The van der Waals surface area contributed by atoms with Crippen molar-refractivity contribution in [3.63, 3.8) is 0 Å². The van der Waals surface area contributed by atoms with E-state index in [2.05, 4.69) is 41.5 Å². The van der Waals surface area contributed by atoms with E-state index >= 15 is 0 Å². The van der Waals surface area contributed by atoms with Crippen molar-refractivity contribution in [1.29, 1.82) is 0 Å². The fourth-order valence-electron chi connectivity index (χ4n) is 4.49. The predicted molar refractivity (Wildman–Crippen MR) is 98.5 cm³/mol. The molecule has 0 unspecified atom stereocenters. The van der Waals surface area contributed by atoms with Gasteiger partial charge in [-0.05, 0) is 16.6 Å². The molecule has 0 amide bonds. The number of rotatable bonds is 8. The number of aliphatic hydroxyl groups is 3. The molecule has 0 radical (unpaired) electrons. The molecule has 0 saturated carbocycles. The molecule has 1 aliphatic rings. The van der Waals surface area contributed by atoms with Gasteiger partial charge in [-0.25, -0.2) is 0 Å². The average Bonchev–Trinajstić information content (AvgIpc) is 2.51. The van der Waals surface area contributed by atoms with E-state index < -0.39 is 20.5 Å². The van der Waals surface area contributed by atoms with Crippen molar-refractivity contribution in [3.8, 4) is 0 Å². The SMILES string of the molecule is CC(C)[Si](O[C@@H]1C[C@H]([C@@H](O)CO)O[C@H](CO)[C@H]1C)(C(C)C)C(C)C. The minimum Gasteiger partial charge on any atom is -0.413 e. The molecule has 1 fully saturated rings. The van der Waals surface area contributed by atoms with Crippen LogP contribution in [0.15, 0.2) is 0 Å². The molecule has 1 rings (SSSR count). The van der Waals surface area contributed by atoms with Crippen LogP contribution in [0.5, 0.6) is 0 Å². The fraction of sp³-hybridized carbons (Fsp3) is 1.00. The molecule has 1 heterocycles. The van der Waals surface area contributed by atoms with Gasteiger partial charge in [-0.1, -0.05) is 48.5 Å². The lowest BCUT2D eigenvalue weighted by Gasteiger charge is -2.49. The fourth-order valence-corrected chi connectivity index (χ4v) is 10.1. The van der Waals surface area contributed by atoms with Gasteiger partial charge in [0.25, 0.3) is 0 Å². The summed E-state index contributed by atoms with van der Waals surface area (Å²) in [5.41, 5.74) is 1.42. The summed E-state index contributed by atoms with van der Waals surface area (Å²) >= 11 is 0. The third-order valence-corrected chi connectivity index (χ3v) is 12.0. The van der Waals surface area contributed by atoms with Gasteiger partial charge < -0.3 is 24.5 Å². The lowest BCUT2D eigenvalue weighted by atomic mass is 9.89. The van der Waals surface area contributed by atoms with Crippen molar-refractivity contribution in [3.05, 3.63) is 0 Å². The van der Waals surface area contributed by atoms with Crippen LogP contribution >= 0.6 is 0 Å². The standard InChI is InChI=1S/C18H38O5Si/c1-11(2)24(12(3)4,13(5)6)23-16-8-17(15(21)9-19)22-18(10-20)14(16)7/h11-21H,8-10H2,1-7H3/t14-,15-,16+,17+,18+/m0/s1. The number of hydrogen-bond acceptors (Lipinski definition) is 5. The van der Waals surface area contributed by atoms with Crippen LogP contribution in [0.4, 0.5) is 0 Å². The molecule has 144 valence electrons. The van der Waals surface area contributed by atoms with Crippen molar-refractivity contribution in [2.45, 2.75) is 95.9 Å². The highest BCUT2D eigenvalue weighted by Crippen LogP contribution is 2.45. The van der Waals surface area contributed by atoms with Crippen molar-refractivity contribution in [2.24, 2.45) is 5.92 Å². The molecule has 5 atom stereocenters. The Bertz CT molecular complexity index is 353. The van der Waals surface area contributed by atoms with Crippen LogP contribution in [0.1, 0.15) is 54.9 Å². The molecular formula is C18H38O5Si. The summed E-state index contributed by atoms with van der Waals surface area (Å²) in [6.45, 7) is 15.1. The Hall–Kier alpha value is 0.0169. The van der Waals surface area contributed by atoms with Crippen molar-refractivity contribution < 1.29 is 24.5 Å². The van der Waals surface area contributed by atoms with E-state index in [0.29, 0.717) is 23.0 Å². The van der Waals surface area contributed by atoms with E-state index in [-0.39, 0.29) is 31.3 Å². The van der Waals surface area contributed by atoms with Gasteiger partial charge in [0.2, 0.25) is 8.32 Å². The summed E-state index contributed by atoms with van der Waals surface area (Å²) in [6.07, 6.45) is -1.31. The van der Waals surface area contributed by atoms with E-state index in [4.69, 9.17) is 9.16 Å². The molecule has 0 aliphatic carbocycles. The molecule has 0 bridgehead atoms. The highest BCUT2D eigenvalue weighted by atomic mass is 28.4. The zero-order valence-electron chi connectivity index (χ0n) is 16.4. The minimum absolute atomic E-state index is 0.0558. The Morgan fingerprint density at radius 1 is 1.04 bits per heavy atom. The second-order valence-electron chi connectivity index (χ2n) is 8.21. The molecule has 6 heteroatoms. The summed E-state index contributed by atoms with van der Waals surface area (Å²) in [6, 6.07) is 0. The van der Waals surface area contributed by atoms with Crippen LogP contribution in [0, 0.1) is 5.92 Å². The second-order valence-corrected chi connectivity index (χ2v) is 13.6. The van der Waals surface area contributed by atoms with Crippen molar-refractivity contribution in [2.75, 3.05) is 13.2 Å². The smallest absolute Gasteiger partial charge is 0.200 e. The van der Waals surface area contributed by atoms with Gasteiger partial charge in [0.15, 0.2) is 0 Å². The van der Waals surface area contributed by atoms with Crippen LogP contribution in [0.25, 0.3) is 0 Å². The maximum atomic E-state index is 10.0. The van der Waals surface area contributed by atoms with E-state index in [1.165, 1.54) is 0 Å². The van der Waals surface area contributed by atoms with Gasteiger partial charge in [-0.3, -0.25) is 0 Å². The van der Waals surface area contributed by atoms with E-state index in [1.54, 1.807) is 0 Å². The summed E-state index contributed by atoms with van der Waals surface area (Å²) in [5, 5.41) is 29.0. The van der Waals surface area contributed by atoms with Crippen LogP contribution in [0.2, 0.25) is 16.6 Å². The predicted octanol–water partition coefficient (Wildman–Crippen LogP) is 2.69. The number of ether oxygens (including phenoxy) is 1. The zero-order chi connectivity index (χ0) is 18.7. The average molecular weight is 363 g/mol. The molecule has 1 aliphatic heterocycles. The van der Waals surface area contributed by atoms with Gasteiger partial charge in [-0.2, -0.15) is 0 Å². The first-order valence-corrected chi connectivity index (χ1v) is 11.5. The van der Waals surface area contributed by atoms with E-state index in [1.807, 2.05) is 6.92 Å². The summed E-state index contributed by atoms with van der Waals surface area (Å²) in [5.74, 6) is 0.0558. The van der Waals surface area contributed by atoms with Crippen LogP contribution in [-0.2, 0) is 9.16 Å². The molecule has 24 heavy (non-hydrogen) atoms.